The van der Waals surface area contributed by atoms with E-state index in [1.165, 1.54) is 0 Å². The van der Waals surface area contributed by atoms with Gasteiger partial charge in [0.25, 0.3) is 5.91 Å². The van der Waals surface area contributed by atoms with Crippen molar-refractivity contribution >= 4 is 50.8 Å². The lowest BCUT2D eigenvalue weighted by Crippen LogP contribution is -2.27. The van der Waals surface area contributed by atoms with Crippen LogP contribution in [0.15, 0.2) is 46.9 Å². The summed E-state index contributed by atoms with van der Waals surface area (Å²) in [6.45, 7) is 2.55. The van der Waals surface area contributed by atoms with Crippen LogP contribution in [0, 0.1) is 0 Å². The summed E-state index contributed by atoms with van der Waals surface area (Å²) in [6, 6.07) is 11.5. The van der Waals surface area contributed by atoms with E-state index < -0.39 is 6.03 Å². The van der Waals surface area contributed by atoms with Crippen molar-refractivity contribution in [2.45, 2.75) is 13.3 Å². The lowest BCUT2D eigenvalue weighted by molar-refractivity contribution is 0.0954. The van der Waals surface area contributed by atoms with Gasteiger partial charge in [0.05, 0.1) is 11.3 Å². The molecule has 2 aromatic carbocycles. The van der Waals surface area contributed by atoms with Gasteiger partial charge in [0.1, 0.15) is 0 Å². The van der Waals surface area contributed by atoms with E-state index in [0.717, 1.165) is 10.9 Å². The minimum atomic E-state index is -0.458. The summed E-state index contributed by atoms with van der Waals surface area (Å²) in [5.74, 6) is -0.224. The fourth-order valence-electron chi connectivity index (χ4n) is 2.03. The average Bonchev–Trinajstić information content (AvgIpc) is 2.52. The first-order valence-corrected chi connectivity index (χ1v) is 8.58. The Bertz CT molecular complexity index is 732. The summed E-state index contributed by atoms with van der Waals surface area (Å²) in [6.07, 6.45) is 0.839. The number of urea groups is 1. The molecule has 2 rings (SSSR count). The smallest absolute Gasteiger partial charge is 0.323 e. The molecular formula is C17H17BrClN3O2. The fraction of sp³-hybridized carbons (Fsp3) is 0.176. The third-order valence-corrected chi connectivity index (χ3v) is 3.75. The average molecular weight is 411 g/mol. The highest BCUT2D eigenvalue weighted by Crippen LogP contribution is 2.23. The predicted molar refractivity (Wildman–Crippen MR) is 101 cm³/mol. The van der Waals surface area contributed by atoms with Crippen LogP contribution in [0.4, 0.5) is 16.2 Å². The maximum atomic E-state index is 12.2. The molecule has 0 radical (unpaired) electrons. The van der Waals surface area contributed by atoms with Gasteiger partial charge in [0.15, 0.2) is 0 Å². The zero-order valence-electron chi connectivity index (χ0n) is 13.0. The Morgan fingerprint density at radius 3 is 2.58 bits per heavy atom. The molecule has 24 heavy (non-hydrogen) atoms. The number of anilines is 2. The second kappa shape index (κ2) is 8.70. The molecule has 0 aliphatic heterocycles. The Labute approximate surface area is 153 Å². The molecule has 0 fully saturated rings. The second-order valence-corrected chi connectivity index (χ2v) is 6.39. The monoisotopic (exact) mass is 409 g/mol. The summed E-state index contributed by atoms with van der Waals surface area (Å²) in [7, 11) is 0. The zero-order chi connectivity index (χ0) is 17.5. The number of hydrogen-bond donors (Lipinski definition) is 3. The van der Waals surface area contributed by atoms with Crippen LogP contribution in [0.1, 0.15) is 23.7 Å². The molecule has 0 aromatic heterocycles. The molecule has 0 spiro atoms. The third-order valence-electron chi connectivity index (χ3n) is 3.08. The molecule has 0 atom stereocenters. The van der Waals surface area contributed by atoms with Crippen molar-refractivity contribution in [1.82, 2.24) is 5.32 Å². The van der Waals surface area contributed by atoms with Crippen LogP contribution in [0.25, 0.3) is 0 Å². The SMILES string of the molecule is CCCNC(=O)c1ccccc1NC(=O)Nc1cc(Cl)cc(Br)c1. The lowest BCUT2D eigenvalue weighted by Gasteiger charge is -2.12. The van der Waals surface area contributed by atoms with Crippen molar-refractivity contribution in [3.63, 3.8) is 0 Å². The maximum absolute atomic E-state index is 12.2. The Morgan fingerprint density at radius 1 is 1.12 bits per heavy atom. The van der Waals surface area contributed by atoms with E-state index in [0.29, 0.717) is 28.5 Å². The minimum absolute atomic E-state index is 0.224. The number of para-hydroxylation sites is 1. The van der Waals surface area contributed by atoms with E-state index in [1.807, 2.05) is 6.92 Å². The molecule has 0 saturated carbocycles. The first-order chi connectivity index (χ1) is 11.5. The fourth-order valence-corrected chi connectivity index (χ4v) is 2.89. The van der Waals surface area contributed by atoms with E-state index in [2.05, 4.69) is 31.9 Å². The van der Waals surface area contributed by atoms with Crippen molar-refractivity contribution in [3.05, 3.63) is 57.5 Å². The quantitative estimate of drug-likeness (QED) is 0.657. The Kier molecular flexibility index (Phi) is 6.63. The number of hydrogen-bond acceptors (Lipinski definition) is 2. The van der Waals surface area contributed by atoms with Crippen molar-refractivity contribution in [1.29, 1.82) is 0 Å². The summed E-state index contributed by atoms with van der Waals surface area (Å²) in [5, 5.41) is 8.66. The van der Waals surface area contributed by atoms with Crippen LogP contribution in [-0.4, -0.2) is 18.5 Å². The van der Waals surface area contributed by atoms with E-state index >= 15 is 0 Å². The summed E-state index contributed by atoms with van der Waals surface area (Å²) < 4.78 is 0.754. The molecule has 5 nitrogen and oxygen atoms in total. The van der Waals surface area contributed by atoms with E-state index in [4.69, 9.17) is 11.6 Å². The molecule has 3 amide bonds. The molecule has 0 saturated heterocycles. The first kappa shape index (κ1) is 18.3. The lowest BCUT2D eigenvalue weighted by atomic mass is 10.1. The van der Waals surface area contributed by atoms with Crippen LogP contribution in [0.2, 0.25) is 5.02 Å². The molecule has 126 valence electrons. The number of carbonyl (C=O) groups is 2. The van der Waals surface area contributed by atoms with Gasteiger partial charge in [0.2, 0.25) is 0 Å². The number of nitrogens with one attached hydrogen (secondary N) is 3. The maximum Gasteiger partial charge on any atom is 0.323 e. The van der Waals surface area contributed by atoms with Gasteiger partial charge in [-0.15, -0.1) is 0 Å². The number of benzene rings is 2. The Morgan fingerprint density at radius 2 is 1.88 bits per heavy atom. The molecule has 3 N–H and O–H groups in total. The van der Waals surface area contributed by atoms with Gasteiger partial charge in [-0.1, -0.05) is 46.6 Å². The molecule has 0 unspecified atom stereocenters. The number of rotatable bonds is 5. The van der Waals surface area contributed by atoms with Crippen molar-refractivity contribution in [2.24, 2.45) is 0 Å². The van der Waals surface area contributed by atoms with Gasteiger partial charge in [-0.05, 0) is 36.8 Å². The van der Waals surface area contributed by atoms with Crippen molar-refractivity contribution in [3.8, 4) is 0 Å². The highest BCUT2D eigenvalue weighted by Gasteiger charge is 2.12. The molecule has 0 aliphatic rings. The van der Waals surface area contributed by atoms with E-state index in [9.17, 15) is 9.59 Å². The van der Waals surface area contributed by atoms with Gasteiger partial charge < -0.3 is 16.0 Å². The topological polar surface area (TPSA) is 70.2 Å². The highest BCUT2D eigenvalue weighted by atomic mass is 79.9. The number of amides is 3. The molecule has 0 heterocycles. The van der Waals surface area contributed by atoms with Crippen molar-refractivity contribution < 1.29 is 9.59 Å². The zero-order valence-corrected chi connectivity index (χ0v) is 15.4. The van der Waals surface area contributed by atoms with Crippen molar-refractivity contribution in [2.75, 3.05) is 17.2 Å². The van der Waals surface area contributed by atoms with Gasteiger partial charge in [-0.3, -0.25) is 4.79 Å². The predicted octanol–water partition coefficient (Wildman–Crippen LogP) is 4.89. The van der Waals surface area contributed by atoms with Crippen LogP contribution in [-0.2, 0) is 0 Å². The number of carbonyl (C=O) groups excluding carboxylic acids is 2. The van der Waals surface area contributed by atoms with Crippen LogP contribution < -0.4 is 16.0 Å². The summed E-state index contributed by atoms with van der Waals surface area (Å²) >= 11 is 9.27. The van der Waals surface area contributed by atoms with Crippen LogP contribution >= 0.6 is 27.5 Å². The largest absolute Gasteiger partial charge is 0.352 e. The second-order valence-electron chi connectivity index (χ2n) is 5.04. The Hall–Kier alpha value is -2.05. The number of halogens is 2. The normalized spacial score (nSPS) is 10.1. The van der Waals surface area contributed by atoms with E-state index in [1.54, 1.807) is 42.5 Å². The molecule has 7 heteroatoms. The molecule has 0 bridgehead atoms. The Balaban J connectivity index is 2.10. The first-order valence-electron chi connectivity index (χ1n) is 7.41. The van der Waals surface area contributed by atoms with Gasteiger partial charge >= 0.3 is 6.03 Å². The molecule has 2 aromatic rings. The minimum Gasteiger partial charge on any atom is -0.352 e. The van der Waals surface area contributed by atoms with Crippen LogP contribution in [0.3, 0.4) is 0 Å². The standard InChI is InChI=1S/C17H17BrClN3O2/c1-2-7-20-16(23)14-5-3-4-6-15(14)22-17(24)21-13-9-11(18)8-12(19)10-13/h3-6,8-10H,2,7H2,1H3,(H,20,23)(H2,21,22,24). The molecule has 0 aliphatic carbocycles. The van der Waals surface area contributed by atoms with Gasteiger partial charge in [-0.2, -0.15) is 0 Å². The highest BCUT2D eigenvalue weighted by molar-refractivity contribution is 9.10. The van der Waals surface area contributed by atoms with Gasteiger partial charge in [-0.25, -0.2) is 4.79 Å². The third kappa shape index (κ3) is 5.25. The summed E-state index contributed by atoms with van der Waals surface area (Å²) in [4.78, 5) is 24.3. The van der Waals surface area contributed by atoms with E-state index in [-0.39, 0.29) is 5.91 Å². The van der Waals surface area contributed by atoms with Gasteiger partial charge in [0, 0.05) is 21.7 Å². The molecular weight excluding hydrogens is 394 g/mol. The summed E-state index contributed by atoms with van der Waals surface area (Å²) in [5.41, 5.74) is 1.39. The van der Waals surface area contributed by atoms with Crippen LogP contribution in [0.5, 0.6) is 0 Å².